The minimum Gasteiger partial charge on any atom is -0.494 e. The summed E-state index contributed by atoms with van der Waals surface area (Å²) in [5, 5.41) is 0. The maximum atomic E-state index is 5.90. The maximum absolute atomic E-state index is 5.90. The molecule has 0 unspecified atom stereocenters. The summed E-state index contributed by atoms with van der Waals surface area (Å²) in [6.07, 6.45) is 2.01. The first kappa shape index (κ1) is 21.0. The summed E-state index contributed by atoms with van der Waals surface area (Å²) in [5.74, 6) is 2.11. The molecular weight excluding hydrogens is 404 g/mol. The molecule has 5 aromatic rings. The third-order valence-corrected chi connectivity index (χ3v) is 6.00. The Bertz CT molecular complexity index is 1240. The van der Waals surface area contributed by atoms with Gasteiger partial charge in [-0.2, -0.15) is 0 Å². The van der Waals surface area contributed by atoms with E-state index in [1.807, 2.05) is 30.3 Å². The zero-order valence-corrected chi connectivity index (χ0v) is 18.7. The molecule has 0 N–H and O–H groups in total. The Hall–Kier alpha value is -3.85. The van der Waals surface area contributed by atoms with Gasteiger partial charge in [-0.3, -0.25) is 0 Å². The molecule has 0 radical (unpaired) electrons. The molecule has 0 saturated carbocycles. The smallest absolute Gasteiger partial charge is 0.121 e. The van der Waals surface area contributed by atoms with Crippen LogP contribution >= 0.6 is 0 Å². The number of imidazole rings is 1. The van der Waals surface area contributed by atoms with Crippen LogP contribution in [0.25, 0.3) is 11.0 Å². The summed E-state index contributed by atoms with van der Waals surface area (Å²) in [4.78, 5) is 5.14. The van der Waals surface area contributed by atoms with Crippen LogP contribution in [0, 0.1) is 0 Å². The van der Waals surface area contributed by atoms with Gasteiger partial charge in [-0.25, -0.2) is 4.98 Å². The fourth-order valence-corrected chi connectivity index (χ4v) is 4.41. The highest BCUT2D eigenvalue weighted by atomic mass is 16.5. The van der Waals surface area contributed by atoms with Crippen molar-refractivity contribution in [2.75, 3.05) is 6.61 Å². The first-order chi connectivity index (χ1) is 16.4. The first-order valence-corrected chi connectivity index (χ1v) is 11.6. The number of benzene rings is 4. The normalized spacial score (nSPS) is 11.2. The number of rotatable bonds is 9. The highest BCUT2D eigenvalue weighted by Crippen LogP contribution is 2.33. The van der Waals surface area contributed by atoms with E-state index in [0.29, 0.717) is 6.61 Å². The molecule has 5 rings (SSSR count). The summed E-state index contributed by atoms with van der Waals surface area (Å²) in [6, 6.07) is 39.9. The van der Waals surface area contributed by atoms with Gasteiger partial charge in [0.25, 0.3) is 0 Å². The third-order valence-electron chi connectivity index (χ3n) is 6.00. The van der Waals surface area contributed by atoms with E-state index in [4.69, 9.17) is 9.72 Å². The van der Waals surface area contributed by atoms with Gasteiger partial charge in [-0.1, -0.05) is 91.0 Å². The molecule has 0 aliphatic carbocycles. The summed E-state index contributed by atoms with van der Waals surface area (Å²) < 4.78 is 8.31. The van der Waals surface area contributed by atoms with Crippen molar-refractivity contribution in [2.45, 2.75) is 25.3 Å². The SMILES string of the molecule is c1ccc(OCCCCn2c(C(c3ccccc3)c3ccccc3)nc3ccccc32)cc1. The molecule has 0 spiro atoms. The lowest BCUT2D eigenvalue weighted by atomic mass is 9.90. The summed E-state index contributed by atoms with van der Waals surface area (Å²) >= 11 is 0. The number of ether oxygens (including phenoxy) is 1. The fraction of sp³-hybridized carbons (Fsp3) is 0.167. The molecule has 1 heterocycles. The van der Waals surface area contributed by atoms with Crippen molar-refractivity contribution in [2.24, 2.45) is 0 Å². The van der Waals surface area contributed by atoms with Gasteiger partial charge in [0.15, 0.2) is 0 Å². The first-order valence-electron chi connectivity index (χ1n) is 11.6. The Morgan fingerprint density at radius 2 is 1.21 bits per heavy atom. The van der Waals surface area contributed by atoms with E-state index >= 15 is 0 Å². The Balaban J connectivity index is 1.44. The zero-order valence-electron chi connectivity index (χ0n) is 18.7. The van der Waals surface area contributed by atoms with Gasteiger partial charge >= 0.3 is 0 Å². The van der Waals surface area contributed by atoms with E-state index < -0.39 is 0 Å². The number of nitrogens with zero attached hydrogens (tertiary/aromatic N) is 2. The van der Waals surface area contributed by atoms with Crippen LogP contribution in [0.15, 0.2) is 115 Å². The van der Waals surface area contributed by atoms with Crippen molar-refractivity contribution in [1.29, 1.82) is 0 Å². The Labute approximate surface area is 195 Å². The van der Waals surface area contributed by atoms with E-state index in [1.165, 1.54) is 16.6 Å². The number of hydrogen-bond acceptors (Lipinski definition) is 2. The van der Waals surface area contributed by atoms with E-state index in [1.54, 1.807) is 0 Å². The number of hydrogen-bond donors (Lipinski definition) is 0. The van der Waals surface area contributed by atoms with Crippen LogP contribution in [-0.4, -0.2) is 16.2 Å². The molecule has 0 atom stereocenters. The second-order valence-electron chi connectivity index (χ2n) is 8.23. The van der Waals surface area contributed by atoms with Crippen molar-refractivity contribution in [3.05, 3.63) is 132 Å². The summed E-state index contributed by atoms with van der Waals surface area (Å²) in [7, 11) is 0. The molecule has 0 fully saturated rings. The topological polar surface area (TPSA) is 27.1 Å². The lowest BCUT2D eigenvalue weighted by Gasteiger charge is -2.20. The van der Waals surface area contributed by atoms with Crippen molar-refractivity contribution in [1.82, 2.24) is 9.55 Å². The second kappa shape index (κ2) is 10.2. The maximum Gasteiger partial charge on any atom is 0.121 e. The van der Waals surface area contributed by atoms with Crippen LogP contribution in [0.1, 0.15) is 35.7 Å². The van der Waals surface area contributed by atoms with Crippen LogP contribution in [0.3, 0.4) is 0 Å². The van der Waals surface area contributed by atoms with Crippen LogP contribution in [0.2, 0.25) is 0 Å². The van der Waals surface area contributed by atoms with Gasteiger partial charge in [-0.05, 0) is 48.2 Å². The predicted octanol–water partition coefficient (Wildman–Crippen LogP) is 7.08. The van der Waals surface area contributed by atoms with Crippen LogP contribution in [0.5, 0.6) is 5.75 Å². The molecule has 0 amide bonds. The average molecular weight is 433 g/mol. The molecular formula is C30H28N2O. The average Bonchev–Trinajstić information content (AvgIpc) is 3.24. The Morgan fingerprint density at radius 3 is 1.88 bits per heavy atom. The number of fused-ring (bicyclic) bond motifs is 1. The molecule has 3 nitrogen and oxygen atoms in total. The van der Waals surface area contributed by atoms with Crippen molar-refractivity contribution in [3.8, 4) is 5.75 Å². The van der Waals surface area contributed by atoms with Crippen molar-refractivity contribution >= 4 is 11.0 Å². The largest absolute Gasteiger partial charge is 0.494 e. The van der Waals surface area contributed by atoms with E-state index in [-0.39, 0.29) is 5.92 Å². The van der Waals surface area contributed by atoms with Gasteiger partial charge in [0.1, 0.15) is 11.6 Å². The Kier molecular flexibility index (Phi) is 6.48. The number of aryl methyl sites for hydroxylation is 1. The van der Waals surface area contributed by atoms with Crippen LogP contribution < -0.4 is 4.74 Å². The fourth-order valence-electron chi connectivity index (χ4n) is 4.41. The molecule has 1 aromatic heterocycles. The van der Waals surface area contributed by atoms with Gasteiger partial charge in [0.2, 0.25) is 0 Å². The molecule has 3 heteroatoms. The van der Waals surface area contributed by atoms with E-state index in [9.17, 15) is 0 Å². The van der Waals surface area contributed by atoms with Gasteiger partial charge < -0.3 is 9.30 Å². The summed E-state index contributed by atoms with van der Waals surface area (Å²) in [5.41, 5.74) is 4.75. The molecule has 33 heavy (non-hydrogen) atoms. The van der Waals surface area contributed by atoms with Crippen molar-refractivity contribution in [3.63, 3.8) is 0 Å². The number of unbranched alkanes of at least 4 members (excludes halogenated alkanes) is 1. The predicted molar refractivity (Wildman–Crippen MR) is 135 cm³/mol. The minimum atomic E-state index is 0.0837. The van der Waals surface area contributed by atoms with Gasteiger partial charge in [0, 0.05) is 6.54 Å². The second-order valence-corrected chi connectivity index (χ2v) is 8.23. The van der Waals surface area contributed by atoms with E-state index in [0.717, 1.165) is 36.5 Å². The van der Waals surface area contributed by atoms with E-state index in [2.05, 4.69) is 89.5 Å². The highest BCUT2D eigenvalue weighted by molar-refractivity contribution is 5.76. The Morgan fingerprint density at radius 1 is 0.636 bits per heavy atom. The highest BCUT2D eigenvalue weighted by Gasteiger charge is 2.23. The standard InChI is InChI=1S/C30H28N2O/c1-4-14-24(15-5-1)29(25-16-6-2-7-17-25)30-31-27-20-10-11-21-28(27)32(30)22-12-13-23-33-26-18-8-3-9-19-26/h1-11,14-21,29H,12-13,22-23H2. The molecule has 4 aromatic carbocycles. The molecule has 0 saturated heterocycles. The van der Waals surface area contributed by atoms with Crippen molar-refractivity contribution < 1.29 is 4.74 Å². The third kappa shape index (κ3) is 4.83. The van der Waals surface area contributed by atoms with Crippen LogP contribution in [-0.2, 0) is 6.54 Å². The summed E-state index contributed by atoms with van der Waals surface area (Å²) in [6.45, 7) is 1.62. The molecule has 164 valence electrons. The number of para-hydroxylation sites is 3. The number of aromatic nitrogens is 2. The van der Waals surface area contributed by atoms with Gasteiger partial charge in [0.05, 0.1) is 23.6 Å². The quantitative estimate of drug-likeness (QED) is 0.233. The minimum absolute atomic E-state index is 0.0837. The molecule has 0 aliphatic heterocycles. The zero-order chi connectivity index (χ0) is 22.3. The molecule has 0 aliphatic rings. The van der Waals surface area contributed by atoms with Crippen LogP contribution in [0.4, 0.5) is 0 Å². The lowest BCUT2D eigenvalue weighted by molar-refractivity contribution is 0.303. The molecule has 0 bridgehead atoms. The lowest BCUT2D eigenvalue weighted by Crippen LogP contribution is -2.13. The monoisotopic (exact) mass is 432 g/mol. The van der Waals surface area contributed by atoms with Gasteiger partial charge in [-0.15, -0.1) is 0 Å².